The van der Waals surface area contributed by atoms with Crippen LogP contribution in [0.4, 0.5) is 6.01 Å². The lowest BCUT2D eigenvalue weighted by molar-refractivity contribution is 0.429. The average Bonchev–Trinajstić information content (AvgIpc) is 2.78. The molecule has 0 aliphatic heterocycles. The lowest BCUT2D eigenvalue weighted by Gasteiger charge is -2.17. The molecule has 0 fully saturated rings. The lowest BCUT2D eigenvalue weighted by atomic mass is 10.3. The van der Waals surface area contributed by atoms with E-state index in [9.17, 15) is 0 Å². The van der Waals surface area contributed by atoms with Crippen molar-refractivity contribution >= 4 is 6.01 Å². The third-order valence-corrected chi connectivity index (χ3v) is 2.67. The summed E-state index contributed by atoms with van der Waals surface area (Å²) in [7, 11) is 1.88. The second-order valence-electron chi connectivity index (χ2n) is 3.87. The molecule has 1 N–H and O–H groups in total. The summed E-state index contributed by atoms with van der Waals surface area (Å²) in [6.07, 6.45) is 2.32. The first-order valence-corrected chi connectivity index (χ1v) is 5.98. The van der Waals surface area contributed by atoms with E-state index < -0.39 is 0 Å². The fourth-order valence-electron chi connectivity index (χ4n) is 1.39. The molecule has 1 rings (SSSR count). The number of hydrogen-bond acceptors (Lipinski definition) is 5. The lowest BCUT2D eigenvalue weighted by Crippen LogP contribution is -2.24. The van der Waals surface area contributed by atoms with Gasteiger partial charge in [-0.2, -0.15) is 0 Å². The van der Waals surface area contributed by atoms with Crippen molar-refractivity contribution in [2.75, 3.05) is 25.0 Å². The molecule has 0 radical (unpaired) electrons. The van der Waals surface area contributed by atoms with Crippen molar-refractivity contribution < 1.29 is 4.42 Å². The van der Waals surface area contributed by atoms with Crippen molar-refractivity contribution in [2.45, 2.75) is 39.7 Å². The van der Waals surface area contributed by atoms with Crippen molar-refractivity contribution in [2.24, 2.45) is 0 Å². The quantitative estimate of drug-likeness (QED) is 0.770. The molecule has 0 amide bonds. The molecule has 0 aliphatic carbocycles. The summed E-state index contributed by atoms with van der Waals surface area (Å²) in [4.78, 5) is 2.11. The molecule has 5 heteroatoms. The van der Waals surface area contributed by atoms with Crippen LogP contribution < -0.4 is 10.2 Å². The highest BCUT2D eigenvalue weighted by Gasteiger charge is 2.15. The maximum atomic E-state index is 5.63. The summed E-state index contributed by atoms with van der Waals surface area (Å²) in [5.74, 6) is 0.646. The molecule has 0 saturated heterocycles. The van der Waals surface area contributed by atoms with Gasteiger partial charge in [-0.15, -0.1) is 5.10 Å². The van der Waals surface area contributed by atoms with Crippen LogP contribution in [0.5, 0.6) is 0 Å². The van der Waals surface area contributed by atoms with Gasteiger partial charge in [0.25, 0.3) is 0 Å². The Kier molecular flexibility index (Phi) is 5.25. The van der Waals surface area contributed by atoms with Crippen LogP contribution in [0, 0.1) is 0 Å². The van der Waals surface area contributed by atoms with Gasteiger partial charge in [0.05, 0.1) is 6.04 Å². The number of nitrogens with one attached hydrogen (secondary N) is 1. The second kappa shape index (κ2) is 6.48. The third kappa shape index (κ3) is 3.20. The van der Waals surface area contributed by atoms with Crippen LogP contribution in [-0.2, 0) is 0 Å². The first-order valence-electron chi connectivity index (χ1n) is 5.98. The Hall–Kier alpha value is -1.10. The molecule has 16 heavy (non-hydrogen) atoms. The molecule has 1 unspecified atom stereocenters. The van der Waals surface area contributed by atoms with Crippen LogP contribution in [-0.4, -0.2) is 30.3 Å². The normalized spacial score (nSPS) is 12.8. The largest absolute Gasteiger partial charge is 0.406 e. The van der Waals surface area contributed by atoms with Gasteiger partial charge in [0.2, 0.25) is 5.89 Å². The summed E-state index contributed by atoms with van der Waals surface area (Å²) in [5.41, 5.74) is 0. The van der Waals surface area contributed by atoms with Gasteiger partial charge in [0.15, 0.2) is 0 Å². The van der Waals surface area contributed by atoms with Crippen molar-refractivity contribution in [1.82, 2.24) is 15.5 Å². The smallest absolute Gasteiger partial charge is 0.318 e. The molecule has 0 saturated carbocycles. The van der Waals surface area contributed by atoms with Crippen molar-refractivity contribution in [1.29, 1.82) is 0 Å². The first-order chi connectivity index (χ1) is 7.72. The van der Waals surface area contributed by atoms with Gasteiger partial charge in [-0.05, 0) is 27.3 Å². The summed E-state index contributed by atoms with van der Waals surface area (Å²) < 4.78 is 5.63. The standard InChI is InChI=1S/C11H22N4O/c1-5-7-8-15(6-2)11-14-13-10(16-11)9(3)12-4/h9,12H,5-8H2,1-4H3. The van der Waals surface area contributed by atoms with E-state index in [0.717, 1.165) is 19.5 Å². The number of rotatable bonds is 7. The summed E-state index contributed by atoms with van der Waals surface area (Å²) in [6, 6.07) is 0.735. The Morgan fingerprint density at radius 1 is 1.38 bits per heavy atom. The van der Waals surface area contributed by atoms with Crippen LogP contribution in [0.2, 0.25) is 0 Å². The Morgan fingerprint density at radius 2 is 2.12 bits per heavy atom. The Balaban J connectivity index is 2.66. The van der Waals surface area contributed by atoms with E-state index in [1.165, 1.54) is 6.42 Å². The van der Waals surface area contributed by atoms with Crippen molar-refractivity contribution in [3.05, 3.63) is 5.89 Å². The maximum absolute atomic E-state index is 5.63. The zero-order chi connectivity index (χ0) is 12.0. The molecule has 0 bridgehead atoms. The molecule has 1 aromatic rings. The highest BCUT2D eigenvalue weighted by molar-refractivity contribution is 5.23. The van der Waals surface area contributed by atoms with Crippen LogP contribution in [0.1, 0.15) is 45.5 Å². The summed E-state index contributed by atoms with van der Waals surface area (Å²) in [5, 5.41) is 11.2. The van der Waals surface area contributed by atoms with E-state index >= 15 is 0 Å². The maximum Gasteiger partial charge on any atom is 0.318 e. The van der Waals surface area contributed by atoms with Crippen molar-refractivity contribution in [3.63, 3.8) is 0 Å². The van der Waals surface area contributed by atoms with E-state index in [1.54, 1.807) is 0 Å². The predicted molar refractivity (Wildman–Crippen MR) is 64.6 cm³/mol. The highest BCUT2D eigenvalue weighted by atomic mass is 16.4. The number of hydrogen-bond donors (Lipinski definition) is 1. The second-order valence-corrected chi connectivity index (χ2v) is 3.87. The molecule has 0 aliphatic rings. The van der Waals surface area contributed by atoms with Crippen LogP contribution >= 0.6 is 0 Å². The monoisotopic (exact) mass is 226 g/mol. The van der Waals surface area contributed by atoms with E-state index in [-0.39, 0.29) is 6.04 Å². The fourth-order valence-corrected chi connectivity index (χ4v) is 1.39. The third-order valence-electron chi connectivity index (χ3n) is 2.67. The zero-order valence-corrected chi connectivity index (χ0v) is 10.7. The minimum absolute atomic E-state index is 0.103. The minimum atomic E-state index is 0.103. The van der Waals surface area contributed by atoms with Gasteiger partial charge in [-0.1, -0.05) is 18.4 Å². The average molecular weight is 226 g/mol. The van der Waals surface area contributed by atoms with E-state index in [0.29, 0.717) is 11.9 Å². The number of anilines is 1. The van der Waals surface area contributed by atoms with Crippen LogP contribution in [0.25, 0.3) is 0 Å². The molecule has 0 spiro atoms. The topological polar surface area (TPSA) is 54.2 Å². The van der Waals surface area contributed by atoms with Gasteiger partial charge >= 0.3 is 6.01 Å². The molecule has 1 atom stereocenters. The Labute approximate surface area is 97.2 Å². The molecule has 92 valence electrons. The van der Waals surface area contributed by atoms with Crippen LogP contribution in [0.15, 0.2) is 4.42 Å². The first kappa shape index (κ1) is 13.0. The van der Waals surface area contributed by atoms with Gasteiger partial charge in [0, 0.05) is 13.1 Å². The molecular weight excluding hydrogens is 204 g/mol. The van der Waals surface area contributed by atoms with Gasteiger partial charge < -0.3 is 14.6 Å². The Bertz CT molecular complexity index is 300. The van der Waals surface area contributed by atoms with Crippen LogP contribution in [0.3, 0.4) is 0 Å². The van der Waals surface area contributed by atoms with Gasteiger partial charge in [0.1, 0.15) is 0 Å². The molecule has 5 nitrogen and oxygen atoms in total. The zero-order valence-electron chi connectivity index (χ0n) is 10.7. The van der Waals surface area contributed by atoms with Crippen molar-refractivity contribution in [3.8, 4) is 0 Å². The van der Waals surface area contributed by atoms with Gasteiger partial charge in [-0.3, -0.25) is 0 Å². The molecule has 0 aromatic carbocycles. The SMILES string of the molecule is CCCCN(CC)c1nnc(C(C)NC)o1. The fraction of sp³-hybridized carbons (Fsp3) is 0.818. The summed E-state index contributed by atoms with van der Waals surface area (Å²) >= 11 is 0. The minimum Gasteiger partial charge on any atom is -0.406 e. The van der Waals surface area contributed by atoms with E-state index in [4.69, 9.17) is 4.42 Å². The number of nitrogens with zero attached hydrogens (tertiary/aromatic N) is 3. The predicted octanol–water partition coefficient (Wildman–Crippen LogP) is 1.98. The molecule has 1 aromatic heterocycles. The van der Waals surface area contributed by atoms with E-state index in [2.05, 4.69) is 34.3 Å². The highest BCUT2D eigenvalue weighted by Crippen LogP contribution is 2.17. The number of aromatic nitrogens is 2. The molecule has 1 heterocycles. The molecular formula is C11H22N4O. The van der Waals surface area contributed by atoms with Gasteiger partial charge in [-0.25, -0.2) is 0 Å². The summed E-state index contributed by atoms with van der Waals surface area (Å²) in [6.45, 7) is 8.15. The Morgan fingerprint density at radius 3 is 2.69 bits per heavy atom. The van der Waals surface area contributed by atoms with E-state index in [1.807, 2.05) is 14.0 Å². The number of unbranched alkanes of at least 4 members (excludes halogenated alkanes) is 1.